The smallest absolute Gasteiger partial charge is 0.191 e. The van der Waals surface area contributed by atoms with Crippen LogP contribution in [-0.4, -0.2) is 94.1 Å². The lowest BCUT2D eigenvalue weighted by molar-refractivity contribution is 0.125. The summed E-state index contributed by atoms with van der Waals surface area (Å²) in [7, 11) is -2.87. The number of guanidine groups is 1. The number of nitrogens with one attached hydrogen (secondary N) is 2. The molecule has 2 unspecified atom stereocenters. The number of hydrogen-bond acceptors (Lipinski definition) is 5. The molecular weight excluding hydrogens is 338 g/mol. The second-order valence-electron chi connectivity index (χ2n) is 7.30. The Morgan fingerprint density at radius 3 is 2.44 bits per heavy atom. The highest BCUT2D eigenvalue weighted by Crippen LogP contribution is 2.11. The Kier molecular flexibility index (Phi) is 7.96. The van der Waals surface area contributed by atoms with Crippen LogP contribution in [-0.2, 0) is 9.84 Å². The van der Waals surface area contributed by atoms with Crippen LogP contribution in [0.15, 0.2) is 4.99 Å². The molecule has 7 nitrogen and oxygen atoms in total. The fourth-order valence-corrected chi connectivity index (χ4v) is 5.13. The van der Waals surface area contributed by atoms with E-state index in [0.29, 0.717) is 12.3 Å². The van der Waals surface area contributed by atoms with E-state index >= 15 is 0 Å². The fourth-order valence-electron chi connectivity index (χ4n) is 3.46. The summed E-state index contributed by atoms with van der Waals surface area (Å²) in [5.41, 5.74) is 0. The van der Waals surface area contributed by atoms with Gasteiger partial charge in [0.15, 0.2) is 15.8 Å². The summed E-state index contributed by atoms with van der Waals surface area (Å²) in [4.78, 5) is 9.70. The van der Waals surface area contributed by atoms with E-state index in [1.54, 1.807) is 0 Å². The van der Waals surface area contributed by atoms with Crippen LogP contribution >= 0.6 is 0 Å². The van der Waals surface area contributed by atoms with E-state index in [1.165, 1.54) is 0 Å². The molecule has 2 aliphatic rings. The number of aliphatic imine (C=N–C) groups is 1. The topological polar surface area (TPSA) is 77.0 Å². The molecular formula is C17H35N5O2S. The van der Waals surface area contributed by atoms with E-state index in [4.69, 9.17) is 0 Å². The van der Waals surface area contributed by atoms with Crippen molar-refractivity contribution in [3.05, 3.63) is 0 Å². The third kappa shape index (κ3) is 7.11. The maximum Gasteiger partial charge on any atom is 0.191 e. The zero-order valence-electron chi connectivity index (χ0n) is 16.0. The SMILES string of the molecule is CCNC(=NCC(C)CN1CCN(CC)CC1)NC1CCS(=O)(=O)C1. The summed E-state index contributed by atoms with van der Waals surface area (Å²) in [5, 5.41) is 6.52. The first-order chi connectivity index (χ1) is 11.9. The molecule has 0 aliphatic carbocycles. The number of hydrogen-bond donors (Lipinski definition) is 2. The quantitative estimate of drug-likeness (QED) is 0.483. The van der Waals surface area contributed by atoms with Gasteiger partial charge in [-0.1, -0.05) is 13.8 Å². The fraction of sp³-hybridized carbons (Fsp3) is 0.941. The van der Waals surface area contributed by atoms with Gasteiger partial charge < -0.3 is 20.4 Å². The molecule has 2 saturated heterocycles. The van der Waals surface area contributed by atoms with Crippen molar-refractivity contribution in [2.24, 2.45) is 10.9 Å². The Bertz CT molecular complexity index is 529. The third-order valence-electron chi connectivity index (χ3n) is 4.96. The van der Waals surface area contributed by atoms with E-state index in [0.717, 1.165) is 58.3 Å². The van der Waals surface area contributed by atoms with Crippen molar-refractivity contribution < 1.29 is 8.42 Å². The Hall–Kier alpha value is -0.860. The van der Waals surface area contributed by atoms with E-state index in [9.17, 15) is 8.42 Å². The van der Waals surface area contributed by atoms with Crippen LogP contribution in [0, 0.1) is 5.92 Å². The van der Waals surface area contributed by atoms with Gasteiger partial charge in [0, 0.05) is 51.9 Å². The Labute approximate surface area is 153 Å². The molecule has 146 valence electrons. The Morgan fingerprint density at radius 2 is 1.88 bits per heavy atom. The molecule has 2 fully saturated rings. The molecule has 2 heterocycles. The van der Waals surface area contributed by atoms with Crippen molar-refractivity contribution in [2.75, 3.05) is 63.9 Å². The standard InChI is InChI=1S/C17H35N5O2S/c1-4-18-17(20-16-6-11-25(23,24)14-16)19-12-15(3)13-22-9-7-21(5-2)8-10-22/h15-16H,4-14H2,1-3H3,(H2,18,19,20). The monoisotopic (exact) mass is 373 g/mol. The van der Waals surface area contributed by atoms with E-state index < -0.39 is 9.84 Å². The predicted octanol–water partition coefficient (Wildman–Crippen LogP) is 0.00220. The zero-order chi connectivity index (χ0) is 18.3. The number of sulfone groups is 1. The molecule has 8 heteroatoms. The van der Waals surface area contributed by atoms with E-state index in [1.807, 2.05) is 6.92 Å². The van der Waals surface area contributed by atoms with Gasteiger partial charge >= 0.3 is 0 Å². The minimum atomic E-state index is -2.87. The summed E-state index contributed by atoms with van der Waals surface area (Å²) in [6.45, 7) is 14.8. The Morgan fingerprint density at radius 1 is 1.20 bits per heavy atom. The average Bonchev–Trinajstić information content (AvgIpc) is 2.92. The number of rotatable bonds is 7. The lowest BCUT2D eigenvalue weighted by Gasteiger charge is -2.35. The van der Waals surface area contributed by atoms with Gasteiger partial charge in [-0.05, 0) is 25.8 Å². The van der Waals surface area contributed by atoms with Crippen LogP contribution in [0.3, 0.4) is 0 Å². The van der Waals surface area contributed by atoms with Gasteiger partial charge in [-0.2, -0.15) is 0 Å². The molecule has 0 spiro atoms. The van der Waals surface area contributed by atoms with Gasteiger partial charge in [0.2, 0.25) is 0 Å². The minimum absolute atomic E-state index is 0.0137. The van der Waals surface area contributed by atoms with Crippen molar-refractivity contribution in [1.82, 2.24) is 20.4 Å². The third-order valence-corrected chi connectivity index (χ3v) is 6.73. The van der Waals surface area contributed by atoms with Gasteiger partial charge in [0.1, 0.15) is 0 Å². The molecule has 0 amide bonds. The van der Waals surface area contributed by atoms with Crippen LogP contribution in [0.5, 0.6) is 0 Å². The van der Waals surface area contributed by atoms with Gasteiger partial charge in [-0.25, -0.2) is 8.42 Å². The maximum absolute atomic E-state index is 11.6. The van der Waals surface area contributed by atoms with Crippen LogP contribution in [0.1, 0.15) is 27.2 Å². The lowest BCUT2D eigenvalue weighted by atomic mass is 10.1. The molecule has 0 saturated carbocycles. The largest absolute Gasteiger partial charge is 0.357 e. The average molecular weight is 374 g/mol. The first kappa shape index (κ1) is 20.5. The molecule has 0 bridgehead atoms. The normalized spacial score (nSPS) is 26.5. The molecule has 2 aliphatic heterocycles. The van der Waals surface area contributed by atoms with Gasteiger partial charge in [-0.3, -0.25) is 4.99 Å². The summed E-state index contributed by atoms with van der Waals surface area (Å²) >= 11 is 0. The highest BCUT2D eigenvalue weighted by Gasteiger charge is 2.28. The second-order valence-corrected chi connectivity index (χ2v) is 9.53. The summed E-state index contributed by atoms with van der Waals surface area (Å²) < 4.78 is 23.2. The molecule has 0 aromatic heterocycles. The molecule has 0 aromatic carbocycles. The van der Waals surface area contributed by atoms with Gasteiger partial charge in [0.05, 0.1) is 11.5 Å². The predicted molar refractivity (Wildman–Crippen MR) is 104 cm³/mol. The highest BCUT2D eigenvalue weighted by atomic mass is 32.2. The van der Waals surface area contributed by atoms with Crippen molar-refractivity contribution in [3.63, 3.8) is 0 Å². The van der Waals surface area contributed by atoms with Crippen LogP contribution in [0.4, 0.5) is 0 Å². The molecule has 2 atom stereocenters. The summed E-state index contributed by atoms with van der Waals surface area (Å²) in [5.74, 6) is 1.72. The van der Waals surface area contributed by atoms with E-state index in [-0.39, 0.29) is 17.5 Å². The Balaban J connectivity index is 1.77. The van der Waals surface area contributed by atoms with Crippen molar-refractivity contribution >= 4 is 15.8 Å². The molecule has 2 rings (SSSR count). The number of piperazine rings is 1. The van der Waals surface area contributed by atoms with E-state index in [2.05, 4.69) is 39.3 Å². The van der Waals surface area contributed by atoms with Crippen LogP contribution in [0.2, 0.25) is 0 Å². The molecule has 25 heavy (non-hydrogen) atoms. The lowest BCUT2D eigenvalue weighted by Crippen LogP contribution is -2.47. The maximum atomic E-state index is 11.6. The van der Waals surface area contributed by atoms with Crippen LogP contribution < -0.4 is 10.6 Å². The summed E-state index contributed by atoms with van der Waals surface area (Å²) in [6.07, 6.45) is 0.671. The zero-order valence-corrected chi connectivity index (χ0v) is 16.8. The second kappa shape index (κ2) is 9.73. The highest BCUT2D eigenvalue weighted by molar-refractivity contribution is 7.91. The number of nitrogens with zero attached hydrogens (tertiary/aromatic N) is 3. The molecule has 2 N–H and O–H groups in total. The first-order valence-electron chi connectivity index (χ1n) is 9.61. The van der Waals surface area contributed by atoms with Gasteiger partial charge in [-0.15, -0.1) is 0 Å². The summed E-state index contributed by atoms with van der Waals surface area (Å²) in [6, 6.07) is -0.0137. The van der Waals surface area contributed by atoms with Crippen molar-refractivity contribution in [3.8, 4) is 0 Å². The van der Waals surface area contributed by atoms with Crippen molar-refractivity contribution in [2.45, 2.75) is 33.2 Å². The molecule has 0 aromatic rings. The first-order valence-corrected chi connectivity index (χ1v) is 11.4. The molecule has 0 radical (unpaired) electrons. The minimum Gasteiger partial charge on any atom is -0.357 e. The van der Waals surface area contributed by atoms with Gasteiger partial charge in [0.25, 0.3) is 0 Å². The number of likely N-dealkylation sites (N-methyl/N-ethyl adjacent to an activating group) is 1. The van der Waals surface area contributed by atoms with Crippen LogP contribution in [0.25, 0.3) is 0 Å². The van der Waals surface area contributed by atoms with Crippen molar-refractivity contribution in [1.29, 1.82) is 0 Å².